The average Bonchev–Trinajstić information content (AvgIpc) is 3.21. The third-order valence-corrected chi connectivity index (χ3v) is 5.09. The van der Waals surface area contributed by atoms with E-state index in [2.05, 4.69) is 43.5 Å². The van der Waals surface area contributed by atoms with Crippen molar-refractivity contribution in [2.75, 3.05) is 5.32 Å². The van der Waals surface area contributed by atoms with Crippen LogP contribution in [0.3, 0.4) is 0 Å². The summed E-state index contributed by atoms with van der Waals surface area (Å²) in [5.74, 6) is 0.719. The van der Waals surface area contributed by atoms with E-state index in [1.165, 1.54) is 0 Å². The van der Waals surface area contributed by atoms with Gasteiger partial charge < -0.3 is 5.32 Å². The topological polar surface area (TPSA) is 55.1 Å². The lowest BCUT2D eigenvalue weighted by Gasteiger charge is -2.03. The van der Waals surface area contributed by atoms with Crippen LogP contribution in [0.15, 0.2) is 52.6 Å². The predicted molar refractivity (Wildman–Crippen MR) is 106 cm³/mol. The van der Waals surface area contributed by atoms with E-state index in [-0.39, 0.29) is 0 Å². The zero-order valence-electron chi connectivity index (χ0n) is 13.6. The fourth-order valence-electron chi connectivity index (χ4n) is 2.71. The zero-order chi connectivity index (χ0) is 17.2. The van der Waals surface area contributed by atoms with Crippen LogP contribution >= 0.6 is 27.3 Å². The van der Waals surface area contributed by atoms with Crippen LogP contribution in [0, 0.1) is 0 Å². The van der Waals surface area contributed by atoms with Crippen LogP contribution in [0.2, 0.25) is 0 Å². The second kappa shape index (κ2) is 6.93. The second-order valence-corrected chi connectivity index (χ2v) is 7.39. The van der Waals surface area contributed by atoms with E-state index in [1.54, 1.807) is 17.5 Å². The standard InChI is InChI=1S/C18H16BrN5S/c1-2-4-14-16(24-10-3-9-20-17(24)22-14)15-11-25-18(23-15)21-13-7-5-12(19)6-8-13/h3,5-11H,2,4H2,1H3,(H,21,23). The maximum atomic E-state index is 4.77. The summed E-state index contributed by atoms with van der Waals surface area (Å²) in [7, 11) is 0. The minimum atomic E-state index is 0.719. The van der Waals surface area contributed by atoms with E-state index in [9.17, 15) is 0 Å². The molecule has 7 heteroatoms. The largest absolute Gasteiger partial charge is 0.332 e. The van der Waals surface area contributed by atoms with Crippen LogP contribution in [-0.2, 0) is 6.42 Å². The molecule has 25 heavy (non-hydrogen) atoms. The Bertz CT molecular complexity index is 1010. The molecule has 1 aromatic carbocycles. The number of fused-ring (bicyclic) bond motifs is 1. The maximum Gasteiger partial charge on any atom is 0.234 e. The summed E-state index contributed by atoms with van der Waals surface area (Å²) in [6, 6.07) is 9.97. The summed E-state index contributed by atoms with van der Waals surface area (Å²) < 4.78 is 3.07. The molecular weight excluding hydrogens is 398 g/mol. The van der Waals surface area contributed by atoms with Gasteiger partial charge in [0.25, 0.3) is 0 Å². The molecule has 3 aromatic heterocycles. The molecule has 5 nitrogen and oxygen atoms in total. The van der Waals surface area contributed by atoms with E-state index >= 15 is 0 Å². The molecule has 0 aliphatic heterocycles. The predicted octanol–water partition coefficient (Wildman–Crippen LogP) is 5.31. The van der Waals surface area contributed by atoms with Crippen molar-refractivity contribution >= 4 is 43.9 Å². The van der Waals surface area contributed by atoms with Crippen molar-refractivity contribution in [2.45, 2.75) is 19.8 Å². The summed E-state index contributed by atoms with van der Waals surface area (Å²) in [5, 5.41) is 6.28. The van der Waals surface area contributed by atoms with E-state index in [0.717, 1.165) is 51.0 Å². The molecule has 0 atom stereocenters. The van der Waals surface area contributed by atoms with Gasteiger partial charge in [0.05, 0.1) is 11.4 Å². The van der Waals surface area contributed by atoms with Gasteiger partial charge in [-0.1, -0.05) is 29.3 Å². The SMILES string of the molecule is CCCc1nc2ncccn2c1-c1csc(Nc2ccc(Br)cc2)n1. The zero-order valence-corrected chi connectivity index (χ0v) is 16.0. The first kappa shape index (κ1) is 16.2. The van der Waals surface area contributed by atoms with Gasteiger partial charge in [-0.3, -0.25) is 4.40 Å². The monoisotopic (exact) mass is 413 g/mol. The number of aromatic nitrogens is 4. The van der Waals surface area contributed by atoms with E-state index < -0.39 is 0 Å². The summed E-state index contributed by atoms with van der Waals surface area (Å²) in [6.07, 6.45) is 5.70. The highest BCUT2D eigenvalue weighted by Gasteiger charge is 2.17. The maximum absolute atomic E-state index is 4.77. The van der Waals surface area contributed by atoms with Crippen molar-refractivity contribution in [2.24, 2.45) is 0 Å². The first-order chi connectivity index (χ1) is 12.2. The van der Waals surface area contributed by atoms with Crippen molar-refractivity contribution in [1.29, 1.82) is 0 Å². The minimum Gasteiger partial charge on any atom is -0.332 e. The van der Waals surface area contributed by atoms with Crippen LogP contribution in [0.1, 0.15) is 19.0 Å². The van der Waals surface area contributed by atoms with Crippen molar-refractivity contribution in [3.05, 3.63) is 58.3 Å². The Labute approximate surface area is 157 Å². The van der Waals surface area contributed by atoms with Crippen LogP contribution < -0.4 is 5.32 Å². The average molecular weight is 414 g/mol. The fourth-order valence-corrected chi connectivity index (χ4v) is 3.69. The molecule has 1 N–H and O–H groups in total. The quantitative estimate of drug-likeness (QED) is 0.481. The van der Waals surface area contributed by atoms with Gasteiger partial charge in [-0.2, -0.15) is 0 Å². The number of aryl methyl sites for hydroxylation is 1. The molecule has 0 bridgehead atoms. The number of hydrogen-bond donors (Lipinski definition) is 1. The van der Waals surface area contributed by atoms with Gasteiger partial charge in [-0.05, 0) is 36.8 Å². The Morgan fingerprint density at radius 1 is 1.20 bits per heavy atom. The highest BCUT2D eigenvalue weighted by atomic mass is 79.9. The van der Waals surface area contributed by atoms with Crippen LogP contribution in [-0.4, -0.2) is 19.4 Å². The van der Waals surface area contributed by atoms with Crippen LogP contribution in [0.5, 0.6) is 0 Å². The van der Waals surface area contributed by atoms with Crippen molar-refractivity contribution in [3.63, 3.8) is 0 Å². The lowest BCUT2D eigenvalue weighted by atomic mass is 10.2. The Kier molecular flexibility index (Phi) is 4.50. The summed E-state index contributed by atoms with van der Waals surface area (Å²) in [5.41, 5.74) is 4.01. The summed E-state index contributed by atoms with van der Waals surface area (Å²) >= 11 is 5.04. The number of anilines is 2. The number of imidazole rings is 1. The van der Waals surface area contributed by atoms with Gasteiger partial charge in [0, 0.05) is 27.9 Å². The Morgan fingerprint density at radius 2 is 2.04 bits per heavy atom. The second-order valence-electron chi connectivity index (χ2n) is 5.62. The molecule has 0 aliphatic carbocycles. The van der Waals surface area contributed by atoms with Crippen LogP contribution in [0.4, 0.5) is 10.8 Å². The number of benzene rings is 1. The molecule has 0 amide bonds. The van der Waals surface area contributed by atoms with Crippen molar-refractivity contribution < 1.29 is 0 Å². The molecule has 0 unspecified atom stereocenters. The normalized spacial score (nSPS) is 11.1. The number of hydrogen-bond acceptors (Lipinski definition) is 5. The molecule has 0 fully saturated rings. The van der Waals surface area contributed by atoms with E-state index in [1.807, 2.05) is 40.9 Å². The van der Waals surface area contributed by atoms with Gasteiger partial charge in [-0.15, -0.1) is 11.3 Å². The number of thiazole rings is 1. The summed E-state index contributed by atoms with van der Waals surface area (Å²) in [6.45, 7) is 2.16. The first-order valence-corrected chi connectivity index (χ1v) is 9.72. The van der Waals surface area contributed by atoms with Gasteiger partial charge in [-0.25, -0.2) is 15.0 Å². The Morgan fingerprint density at radius 3 is 2.84 bits per heavy atom. The number of nitrogens with zero attached hydrogens (tertiary/aromatic N) is 4. The molecule has 0 saturated carbocycles. The van der Waals surface area contributed by atoms with Crippen molar-refractivity contribution in [1.82, 2.24) is 19.4 Å². The molecule has 0 aliphatic rings. The molecular formula is C18H16BrN5S. The fraction of sp³-hybridized carbons (Fsp3) is 0.167. The Balaban J connectivity index is 1.71. The lowest BCUT2D eigenvalue weighted by molar-refractivity contribution is 0.894. The number of rotatable bonds is 5. The molecule has 4 rings (SSSR count). The first-order valence-electron chi connectivity index (χ1n) is 8.05. The minimum absolute atomic E-state index is 0.719. The molecule has 3 heterocycles. The molecule has 0 radical (unpaired) electrons. The number of halogens is 1. The van der Waals surface area contributed by atoms with Gasteiger partial charge in [0.15, 0.2) is 5.13 Å². The van der Waals surface area contributed by atoms with Gasteiger partial charge >= 0.3 is 0 Å². The number of nitrogens with one attached hydrogen (secondary N) is 1. The van der Waals surface area contributed by atoms with Crippen LogP contribution in [0.25, 0.3) is 17.2 Å². The van der Waals surface area contributed by atoms with Crippen molar-refractivity contribution in [3.8, 4) is 11.4 Å². The summed E-state index contributed by atoms with van der Waals surface area (Å²) in [4.78, 5) is 13.8. The lowest BCUT2D eigenvalue weighted by Crippen LogP contribution is -1.94. The van der Waals surface area contributed by atoms with Gasteiger partial charge in [0.2, 0.25) is 5.78 Å². The molecule has 4 aromatic rings. The third-order valence-electron chi connectivity index (χ3n) is 3.80. The third kappa shape index (κ3) is 3.29. The molecule has 0 spiro atoms. The highest BCUT2D eigenvalue weighted by molar-refractivity contribution is 9.10. The Hall–Kier alpha value is -2.25. The molecule has 126 valence electrons. The smallest absolute Gasteiger partial charge is 0.234 e. The molecule has 0 saturated heterocycles. The van der Waals surface area contributed by atoms with E-state index in [4.69, 9.17) is 4.98 Å². The van der Waals surface area contributed by atoms with Gasteiger partial charge in [0.1, 0.15) is 5.69 Å². The van der Waals surface area contributed by atoms with E-state index in [0.29, 0.717) is 0 Å². The highest BCUT2D eigenvalue weighted by Crippen LogP contribution is 2.30.